The Balaban J connectivity index is 1.27. The second-order valence-corrected chi connectivity index (χ2v) is 11.4. The maximum atomic E-state index is 2.45. The molecule has 0 aliphatic carbocycles. The van der Waals surface area contributed by atoms with E-state index in [4.69, 9.17) is 0 Å². The summed E-state index contributed by atoms with van der Waals surface area (Å²) < 4.78 is 2.45. The highest BCUT2D eigenvalue weighted by Gasteiger charge is 2.16. The third-order valence-electron chi connectivity index (χ3n) is 8.96. The first kappa shape index (κ1) is 24.0. The molecule has 0 aliphatic heterocycles. The maximum absolute atomic E-state index is 2.45. The fraction of sp³-hybridized carbons (Fsp3) is 0. The van der Waals surface area contributed by atoms with E-state index in [0.29, 0.717) is 0 Å². The van der Waals surface area contributed by atoms with Gasteiger partial charge in [-0.1, -0.05) is 133 Å². The number of hydrogen-bond donors (Lipinski definition) is 0. The fourth-order valence-electron chi connectivity index (χ4n) is 6.97. The summed E-state index contributed by atoms with van der Waals surface area (Å²) in [7, 11) is 0. The Bertz CT molecular complexity index is 2510. The Kier molecular flexibility index (Phi) is 5.27. The van der Waals surface area contributed by atoms with Gasteiger partial charge in [-0.2, -0.15) is 0 Å². The van der Waals surface area contributed by atoms with Crippen molar-refractivity contribution >= 4 is 54.1 Å². The van der Waals surface area contributed by atoms with Crippen molar-refractivity contribution in [1.29, 1.82) is 0 Å². The van der Waals surface area contributed by atoms with Crippen LogP contribution in [0.4, 0.5) is 0 Å². The van der Waals surface area contributed by atoms with Crippen LogP contribution in [0.5, 0.6) is 0 Å². The predicted octanol–water partition coefficient (Wildman–Crippen LogP) is 11.6. The minimum Gasteiger partial charge on any atom is -0.309 e. The molecule has 43 heavy (non-hydrogen) atoms. The molecule has 0 atom stereocenters. The first-order valence-corrected chi connectivity index (χ1v) is 14.9. The van der Waals surface area contributed by atoms with Crippen LogP contribution in [0.15, 0.2) is 164 Å². The molecule has 0 fully saturated rings. The Morgan fingerprint density at radius 2 is 0.907 bits per heavy atom. The number of aromatic nitrogens is 1. The largest absolute Gasteiger partial charge is 0.309 e. The SMILES string of the molecule is c1cc(-c2ccc3c(c2)c2ccccc2n3-c2cc3ccccc3c3ccccc23)cc(-c2cccc3ccccc23)c1. The molecule has 0 saturated heterocycles. The van der Waals surface area contributed by atoms with Crippen LogP contribution in [-0.2, 0) is 0 Å². The molecule has 200 valence electrons. The average Bonchev–Trinajstić information content (AvgIpc) is 3.41. The molecular formula is C42H27N. The van der Waals surface area contributed by atoms with Crippen molar-refractivity contribution in [3.63, 3.8) is 0 Å². The van der Waals surface area contributed by atoms with Crippen molar-refractivity contribution in [3.05, 3.63) is 164 Å². The molecule has 1 aromatic heterocycles. The summed E-state index contributed by atoms with van der Waals surface area (Å²) in [5.74, 6) is 0. The van der Waals surface area contributed by atoms with Crippen molar-refractivity contribution in [2.45, 2.75) is 0 Å². The fourth-order valence-corrected chi connectivity index (χ4v) is 6.97. The minimum absolute atomic E-state index is 1.21. The standard InChI is InChI=1S/C42H27N/c1-3-16-33-28(11-1)13-10-21-34(33)31-15-9-14-29(25-31)30-23-24-41-39(26-30)38-20-7-8-22-40(38)43(41)42-27-32-12-2-4-17-35(32)36-18-5-6-19-37(36)42/h1-27H. The Hall–Kier alpha value is -5.66. The molecule has 1 nitrogen and oxygen atoms in total. The van der Waals surface area contributed by atoms with Gasteiger partial charge in [-0.25, -0.2) is 0 Å². The number of para-hydroxylation sites is 1. The number of benzene rings is 8. The quantitative estimate of drug-likeness (QED) is 0.195. The van der Waals surface area contributed by atoms with Crippen molar-refractivity contribution in [2.24, 2.45) is 0 Å². The lowest BCUT2D eigenvalue weighted by Gasteiger charge is -2.14. The zero-order valence-electron chi connectivity index (χ0n) is 23.5. The minimum atomic E-state index is 1.21. The van der Waals surface area contributed by atoms with E-state index in [-0.39, 0.29) is 0 Å². The smallest absolute Gasteiger partial charge is 0.0546 e. The van der Waals surface area contributed by atoms with Crippen molar-refractivity contribution in [2.75, 3.05) is 0 Å². The van der Waals surface area contributed by atoms with Gasteiger partial charge in [0.05, 0.1) is 16.7 Å². The monoisotopic (exact) mass is 545 g/mol. The van der Waals surface area contributed by atoms with E-state index in [2.05, 4.69) is 168 Å². The summed E-state index contributed by atoms with van der Waals surface area (Å²) in [6.07, 6.45) is 0. The van der Waals surface area contributed by atoms with Gasteiger partial charge in [0.1, 0.15) is 0 Å². The molecule has 1 heterocycles. The van der Waals surface area contributed by atoms with Crippen molar-refractivity contribution in [1.82, 2.24) is 4.57 Å². The summed E-state index contributed by atoms with van der Waals surface area (Å²) in [6, 6.07) is 59.8. The van der Waals surface area contributed by atoms with E-state index >= 15 is 0 Å². The Labute approximate surface area is 249 Å². The lowest BCUT2D eigenvalue weighted by Crippen LogP contribution is -1.96. The van der Waals surface area contributed by atoms with Crippen LogP contribution in [0.1, 0.15) is 0 Å². The highest BCUT2D eigenvalue weighted by Crippen LogP contribution is 2.39. The Morgan fingerprint density at radius 3 is 1.79 bits per heavy atom. The highest BCUT2D eigenvalue weighted by molar-refractivity contribution is 6.15. The van der Waals surface area contributed by atoms with Gasteiger partial charge in [-0.15, -0.1) is 0 Å². The van der Waals surface area contributed by atoms with Crippen LogP contribution in [0.2, 0.25) is 0 Å². The molecule has 0 radical (unpaired) electrons. The number of rotatable bonds is 3. The molecule has 1 heteroatoms. The Morgan fingerprint density at radius 1 is 0.302 bits per heavy atom. The third-order valence-corrected chi connectivity index (χ3v) is 8.96. The second kappa shape index (κ2) is 9.44. The molecule has 9 aromatic rings. The van der Waals surface area contributed by atoms with Crippen LogP contribution < -0.4 is 0 Å². The number of nitrogens with zero attached hydrogens (tertiary/aromatic N) is 1. The van der Waals surface area contributed by atoms with Crippen LogP contribution in [0.3, 0.4) is 0 Å². The lowest BCUT2D eigenvalue weighted by molar-refractivity contribution is 1.20. The molecule has 0 N–H and O–H groups in total. The van der Waals surface area contributed by atoms with E-state index in [1.54, 1.807) is 0 Å². The summed E-state index contributed by atoms with van der Waals surface area (Å²) in [4.78, 5) is 0. The number of hydrogen-bond acceptors (Lipinski definition) is 0. The molecule has 0 unspecified atom stereocenters. The molecule has 0 aliphatic rings. The van der Waals surface area contributed by atoms with Crippen LogP contribution in [0, 0.1) is 0 Å². The second-order valence-electron chi connectivity index (χ2n) is 11.4. The zero-order valence-corrected chi connectivity index (χ0v) is 23.5. The maximum Gasteiger partial charge on any atom is 0.0546 e. The van der Waals surface area contributed by atoms with E-state index in [9.17, 15) is 0 Å². The van der Waals surface area contributed by atoms with Gasteiger partial charge in [-0.05, 0) is 79.5 Å². The first-order chi connectivity index (χ1) is 21.3. The van der Waals surface area contributed by atoms with Gasteiger partial charge in [0.2, 0.25) is 0 Å². The predicted molar refractivity (Wildman–Crippen MR) is 184 cm³/mol. The topological polar surface area (TPSA) is 4.93 Å². The van der Waals surface area contributed by atoms with E-state index in [0.717, 1.165) is 0 Å². The molecule has 0 spiro atoms. The molecule has 8 aromatic carbocycles. The van der Waals surface area contributed by atoms with E-state index in [1.165, 1.54) is 82.1 Å². The summed E-state index contributed by atoms with van der Waals surface area (Å²) in [5.41, 5.74) is 8.60. The summed E-state index contributed by atoms with van der Waals surface area (Å²) >= 11 is 0. The summed E-state index contributed by atoms with van der Waals surface area (Å²) in [5, 5.41) is 10.2. The molecular weight excluding hydrogens is 518 g/mol. The van der Waals surface area contributed by atoms with Gasteiger partial charge >= 0.3 is 0 Å². The lowest BCUT2D eigenvalue weighted by atomic mass is 9.95. The van der Waals surface area contributed by atoms with Crippen molar-refractivity contribution in [3.8, 4) is 27.9 Å². The zero-order chi connectivity index (χ0) is 28.3. The van der Waals surface area contributed by atoms with Crippen LogP contribution >= 0.6 is 0 Å². The average molecular weight is 546 g/mol. The molecule has 9 rings (SSSR count). The van der Waals surface area contributed by atoms with Crippen molar-refractivity contribution < 1.29 is 0 Å². The van der Waals surface area contributed by atoms with Gasteiger partial charge in [0.15, 0.2) is 0 Å². The van der Waals surface area contributed by atoms with Gasteiger partial charge in [-0.3, -0.25) is 0 Å². The molecule has 0 amide bonds. The summed E-state index contributed by atoms with van der Waals surface area (Å²) in [6.45, 7) is 0. The van der Waals surface area contributed by atoms with Gasteiger partial charge in [0, 0.05) is 16.2 Å². The highest BCUT2D eigenvalue weighted by atomic mass is 15.0. The van der Waals surface area contributed by atoms with E-state index in [1.807, 2.05) is 0 Å². The molecule has 0 bridgehead atoms. The number of fused-ring (bicyclic) bond motifs is 7. The first-order valence-electron chi connectivity index (χ1n) is 14.9. The van der Waals surface area contributed by atoms with Gasteiger partial charge in [0.25, 0.3) is 0 Å². The molecule has 0 saturated carbocycles. The van der Waals surface area contributed by atoms with E-state index < -0.39 is 0 Å². The van der Waals surface area contributed by atoms with Gasteiger partial charge < -0.3 is 4.57 Å². The normalized spacial score (nSPS) is 11.7. The van der Waals surface area contributed by atoms with Crippen LogP contribution in [-0.4, -0.2) is 4.57 Å². The van der Waals surface area contributed by atoms with Crippen LogP contribution in [0.25, 0.3) is 82.1 Å². The third kappa shape index (κ3) is 3.72.